The van der Waals surface area contributed by atoms with Gasteiger partial charge in [0.2, 0.25) is 11.8 Å². The number of benzene rings is 2. The number of nitrogens with zero attached hydrogens (tertiary/aromatic N) is 2. The lowest BCUT2D eigenvalue weighted by molar-refractivity contribution is -0.124. The van der Waals surface area contributed by atoms with Crippen molar-refractivity contribution >= 4 is 34.9 Å². The van der Waals surface area contributed by atoms with Crippen LogP contribution in [0.3, 0.4) is 0 Å². The predicted molar refractivity (Wildman–Crippen MR) is 129 cm³/mol. The number of nitrogens with two attached hydrogens (primary N) is 1. The smallest absolute Gasteiger partial charge is 0.349 e. The van der Waals surface area contributed by atoms with Crippen molar-refractivity contribution in [3.63, 3.8) is 0 Å². The van der Waals surface area contributed by atoms with Gasteiger partial charge in [0.15, 0.2) is 0 Å². The third-order valence-electron chi connectivity index (χ3n) is 4.98. The van der Waals surface area contributed by atoms with E-state index in [4.69, 9.17) is 5.73 Å². The highest BCUT2D eigenvalue weighted by Crippen LogP contribution is 2.20. The van der Waals surface area contributed by atoms with Crippen molar-refractivity contribution in [1.29, 1.82) is 0 Å². The molecule has 2 aromatic carbocycles. The number of carbonyl (C=O) groups excluding carboxylic acids is 3. The standard InChI is InChI=1S/C24H26N6O4/c1-15-3-8-19(18(25)13-15)27-23(33)17-6-4-16(5-7-17)14-26-21(31)9-10-22(32)28-20-11-12-30(2)24(34)29-20/h3-8,11-13H,9-10,14,25H2,1-2H3,(H,26,31)(H,27,33)(H,28,29,32,34). The summed E-state index contributed by atoms with van der Waals surface area (Å²) >= 11 is 0. The van der Waals surface area contributed by atoms with Gasteiger partial charge in [-0.2, -0.15) is 4.98 Å². The molecule has 3 rings (SSSR count). The van der Waals surface area contributed by atoms with E-state index >= 15 is 0 Å². The van der Waals surface area contributed by atoms with Crippen LogP contribution in [0, 0.1) is 6.92 Å². The molecule has 0 spiro atoms. The molecule has 5 N–H and O–H groups in total. The first-order chi connectivity index (χ1) is 16.2. The van der Waals surface area contributed by atoms with Crippen molar-refractivity contribution in [1.82, 2.24) is 14.9 Å². The first-order valence-electron chi connectivity index (χ1n) is 10.6. The predicted octanol–water partition coefficient (Wildman–Crippen LogP) is 1.96. The van der Waals surface area contributed by atoms with Gasteiger partial charge in [0, 0.05) is 38.2 Å². The fourth-order valence-corrected chi connectivity index (χ4v) is 3.02. The monoisotopic (exact) mass is 462 g/mol. The van der Waals surface area contributed by atoms with Gasteiger partial charge in [-0.1, -0.05) is 18.2 Å². The lowest BCUT2D eigenvalue weighted by atomic mass is 10.1. The SMILES string of the molecule is Cc1ccc(NC(=O)c2ccc(CNC(=O)CCC(=O)Nc3ccn(C)c(=O)n3)cc2)c(N)c1. The Kier molecular flexibility index (Phi) is 7.75. The van der Waals surface area contributed by atoms with Crippen molar-refractivity contribution < 1.29 is 14.4 Å². The molecule has 0 unspecified atom stereocenters. The molecule has 34 heavy (non-hydrogen) atoms. The summed E-state index contributed by atoms with van der Waals surface area (Å²) in [5, 5.41) is 8.00. The van der Waals surface area contributed by atoms with E-state index in [2.05, 4.69) is 20.9 Å². The molecular formula is C24H26N6O4. The van der Waals surface area contributed by atoms with Crippen molar-refractivity contribution in [3.8, 4) is 0 Å². The molecule has 3 aromatic rings. The molecule has 0 aliphatic carbocycles. The Bertz CT molecular complexity index is 1270. The summed E-state index contributed by atoms with van der Waals surface area (Å²) in [5.74, 6) is -0.866. The summed E-state index contributed by atoms with van der Waals surface area (Å²) in [4.78, 5) is 51.7. The van der Waals surface area contributed by atoms with Crippen molar-refractivity contribution in [2.45, 2.75) is 26.3 Å². The summed E-state index contributed by atoms with van der Waals surface area (Å²) in [5.41, 5.74) is 8.74. The minimum Gasteiger partial charge on any atom is -0.397 e. The number of amides is 3. The molecule has 0 saturated carbocycles. The third-order valence-corrected chi connectivity index (χ3v) is 4.98. The van der Waals surface area contributed by atoms with Gasteiger partial charge in [-0.3, -0.25) is 14.4 Å². The zero-order valence-corrected chi connectivity index (χ0v) is 18.9. The average molecular weight is 463 g/mol. The number of aryl methyl sites for hydroxylation is 2. The average Bonchev–Trinajstić information content (AvgIpc) is 2.81. The Morgan fingerprint density at radius 3 is 2.35 bits per heavy atom. The van der Waals surface area contributed by atoms with E-state index < -0.39 is 11.6 Å². The van der Waals surface area contributed by atoms with Crippen LogP contribution in [0.15, 0.2) is 59.5 Å². The van der Waals surface area contributed by atoms with Gasteiger partial charge in [-0.15, -0.1) is 0 Å². The molecule has 0 fully saturated rings. The number of hydrogen-bond donors (Lipinski definition) is 4. The first-order valence-corrected chi connectivity index (χ1v) is 10.6. The van der Waals surface area contributed by atoms with Gasteiger partial charge < -0.3 is 26.3 Å². The van der Waals surface area contributed by atoms with Crippen LogP contribution in [0.2, 0.25) is 0 Å². The maximum absolute atomic E-state index is 12.4. The molecule has 10 nitrogen and oxygen atoms in total. The molecule has 10 heteroatoms. The van der Waals surface area contributed by atoms with Gasteiger partial charge >= 0.3 is 5.69 Å². The molecule has 3 amide bonds. The minimum atomic E-state index is -0.488. The lowest BCUT2D eigenvalue weighted by Gasteiger charge is -2.10. The number of hydrogen-bond acceptors (Lipinski definition) is 6. The molecule has 0 atom stereocenters. The molecule has 1 aromatic heterocycles. The van der Waals surface area contributed by atoms with Gasteiger partial charge in [-0.25, -0.2) is 4.79 Å². The zero-order valence-electron chi connectivity index (χ0n) is 18.9. The van der Waals surface area contributed by atoms with Crippen molar-refractivity contribution in [2.24, 2.45) is 7.05 Å². The van der Waals surface area contributed by atoms with Crippen LogP contribution < -0.4 is 27.4 Å². The van der Waals surface area contributed by atoms with Crippen LogP contribution in [0.4, 0.5) is 17.2 Å². The van der Waals surface area contributed by atoms with Crippen LogP contribution in [-0.4, -0.2) is 27.3 Å². The van der Waals surface area contributed by atoms with E-state index in [0.717, 1.165) is 11.1 Å². The quantitative estimate of drug-likeness (QED) is 0.376. The first kappa shape index (κ1) is 24.2. The summed E-state index contributed by atoms with van der Waals surface area (Å²) in [6.07, 6.45) is 1.42. The summed E-state index contributed by atoms with van der Waals surface area (Å²) < 4.78 is 1.28. The second kappa shape index (κ2) is 10.9. The highest BCUT2D eigenvalue weighted by atomic mass is 16.2. The Morgan fingerprint density at radius 2 is 1.68 bits per heavy atom. The molecule has 1 heterocycles. The molecule has 176 valence electrons. The van der Waals surface area contributed by atoms with Crippen molar-refractivity contribution in [3.05, 3.63) is 81.9 Å². The number of aromatic nitrogens is 2. The summed E-state index contributed by atoms with van der Waals surface area (Å²) in [6, 6.07) is 13.7. The number of anilines is 3. The van der Waals surface area contributed by atoms with E-state index in [0.29, 0.717) is 16.9 Å². The Hall–Kier alpha value is -4.47. The Balaban J connectivity index is 1.43. The molecule has 0 radical (unpaired) electrons. The number of nitrogen functional groups attached to an aromatic ring is 1. The number of carbonyl (C=O) groups is 3. The maximum atomic E-state index is 12.4. The van der Waals surface area contributed by atoms with E-state index in [1.165, 1.54) is 16.8 Å². The lowest BCUT2D eigenvalue weighted by Crippen LogP contribution is -2.25. The maximum Gasteiger partial charge on any atom is 0.349 e. The second-order valence-corrected chi connectivity index (χ2v) is 7.77. The van der Waals surface area contributed by atoms with Gasteiger partial charge in [-0.05, 0) is 48.4 Å². The van der Waals surface area contributed by atoms with Gasteiger partial charge in [0.25, 0.3) is 5.91 Å². The normalized spacial score (nSPS) is 10.4. The fourth-order valence-electron chi connectivity index (χ4n) is 3.02. The largest absolute Gasteiger partial charge is 0.397 e. The zero-order chi connectivity index (χ0) is 24.7. The van der Waals surface area contributed by atoms with Crippen LogP contribution in [-0.2, 0) is 23.2 Å². The van der Waals surface area contributed by atoms with Crippen LogP contribution in [0.25, 0.3) is 0 Å². The van der Waals surface area contributed by atoms with E-state index in [-0.39, 0.29) is 37.0 Å². The highest BCUT2D eigenvalue weighted by Gasteiger charge is 2.10. The third kappa shape index (κ3) is 6.76. The van der Waals surface area contributed by atoms with E-state index in [1.54, 1.807) is 43.4 Å². The van der Waals surface area contributed by atoms with E-state index in [1.807, 2.05) is 13.0 Å². The van der Waals surface area contributed by atoms with Gasteiger partial charge in [0.1, 0.15) is 5.82 Å². The highest BCUT2D eigenvalue weighted by molar-refractivity contribution is 6.05. The molecule has 0 aliphatic rings. The van der Waals surface area contributed by atoms with E-state index in [9.17, 15) is 19.2 Å². The van der Waals surface area contributed by atoms with Gasteiger partial charge in [0.05, 0.1) is 11.4 Å². The molecule has 0 bridgehead atoms. The second-order valence-electron chi connectivity index (χ2n) is 7.77. The number of rotatable bonds is 8. The Labute approximate surface area is 196 Å². The van der Waals surface area contributed by atoms with Crippen LogP contribution in [0.5, 0.6) is 0 Å². The molecule has 0 saturated heterocycles. The number of nitrogens with one attached hydrogen (secondary N) is 3. The van der Waals surface area contributed by atoms with Crippen molar-refractivity contribution in [2.75, 3.05) is 16.4 Å². The van der Waals surface area contributed by atoms with Crippen LogP contribution in [0.1, 0.15) is 34.3 Å². The van der Waals surface area contributed by atoms with Crippen LogP contribution >= 0.6 is 0 Å². The summed E-state index contributed by atoms with van der Waals surface area (Å²) in [6.45, 7) is 2.17. The molecular weight excluding hydrogens is 436 g/mol. The Morgan fingerprint density at radius 1 is 0.971 bits per heavy atom. The molecule has 0 aliphatic heterocycles. The fraction of sp³-hybridized carbons (Fsp3) is 0.208. The summed E-state index contributed by atoms with van der Waals surface area (Å²) in [7, 11) is 1.55. The minimum absolute atomic E-state index is 0.0187. The topological polar surface area (TPSA) is 148 Å².